The summed E-state index contributed by atoms with van der Waals surface area (Å²) in [7, 11) is 0. The first-order valence-corrected chi connectivity index (χ1v) is 7.97. The average molecular weight is 322 g/mol. The molecule has 3 nitrogen and oxygen atoms in total. The minimum atomic E-state index is -0.561. The van der Waals surface area contributed by atoms with Crippen molar-refractivity contribution >= 4 is 11.6 Å². The van der Waals surface area contributed by atoms with Gasteiger partial charge in [0.15, 0.2) is 0 Å². The zero-order valence-corrected chi connectivity index (χ0v) is 13.8. The molecule has 0 unspecified atom stereocenters. The summed E-state index contributed by atoms with van der Waals surface area (Å²) in [6.45, 7) is 3.71. The molecule has 1 fully saturated rings. The highest BCUT2D eigenvalue weighted by molar-refractivity contribution is 6.01. The Bertz CT molecular complexity index is 797. The Morgan fingerprint density at radius 1 is 1.12 bits per heavy atom. The monoisotopic (exact) mass is 322 g/mol. The van der Waals surface area contributed by atoms with Crippen LogP contribution in [0.3, 0.4) is 0 Å². The molecule has 24 heavy (non-hydrogen) atoms. The van der Waals surface area contributed by atoms with E-state index in [1.165, 1.54) is 12.1 Å². The normalized spacial score (nSPS) is 15.4. The number of benzene rings is 2. The predicted octanol–water partition coefficient (Wildman–Crippen LogP) is 4.30. The van der Waals surface area contributed by atoms with Crippen LogP contribution in [0.25, 0.3) is 0 Å². The lowest BCUT2D eigenvalue weighted by Crippen LogP contribution is -2.27. The molecule has 1 aliphatic carbocycles. The van der Waals surface area contributed by atoms with Crippen molar-refractivity contribution in [1.82, 2.24) is 0 Å². The van der Waals surface area contributed by atoms with Crippen molar-refractivity contribution in [2.75, 3.05) is 5.32 Å². The van der Waals surface area contributed by atoms with E-state index in [1.807, 2.05) is 38.1 Å². The summed E-state index contributed by atoms with van der Waals surface area (Å²) in [6, 6.07) is 15.7. The number of amides is 1. The standard InChI is InChI=1S/C20H19FN2O/c1-19(2,13-22)14-5-9-17(10-6-14)23-18(24)20(11-12-20)15-3-7-16(21)8-4-15/h3-10H,11-12H2,1-2H3,(H,23,24). The number of rotatable bonds is 4. The first kappa shape index (κ1) is 16.2. The number of carbonyl (C=O) groups excluding carboxylic acids is 1. The fourth-order valence-electron chi connectivity index (χ4n) is 2.83. The molecule has 2 aromatic rings. The number of nitrogens with zero attached hydrogens (tertiary/aromatic N) is 1. The SMILES string of the molecule is CC(C)(C#N)c1ccc(NC(=O)C2(c3ccc(F)cc3)CC2)cc1. The minimum Gasteiger partial charge on any atom is -0.325 e. The van der Waals surface area contributed by atoms with E-state index in [0.717, 1.165) is 24.0 Å². The van der Waals surface area contributed by atoms with Gasteiger partial charge in [0, 0.05) is 5.69 Å². The van der Waals surface area contributed by atoms with Gasteiger partial charge in [0.05, 0.1) is 16.9 Å². The van der Waals surface area contributed by atoms with Crippen LogP contribution in [0.4, 0.5) is 10.1 Å². The van der Waals surface area contributed by atoms with Gasteiger partial charge in [0.2, 0.25) is 5.91 Å². The third-order valence-electron chi connectivity index (χ3n) is 4.73. The van der Waals surface area contributed by atoms with E-state index in [0.29, 0.717) is 5.69 Å². The van der Waals surface area contributed by atoms with Crippen molar-refractivity contribution < 1.29 is 9.18 Å². The number of nitriles is 1. The maximum Gasteiger partial charge on any atom is 0.235 e. The summed E-state index contributed by atoms with van der Waals surface area (Å²) >= 11 is 0. The third kappa shape index (κ3) is 2.90. The van der Waals surface area contributed by atoms with E-state index >= 15 is 0 Å². The Balaban J connectivity index is 1.76. The first-order valence-electron chi connectivity index (χ1n) is 7.97. The summed E-state index contributed by atoms with van der Waals surface area (Å²) in [5.41, 5.74) is 1.35. The molecule has 0 heterocycles. The molecule has 0 spiro atoms. The molecule has 0 saturated heterocycles. The van der Waals surface area contributed by atoms with Gasteiger partial charge in [-0.3, -0.25) is 4.79 Å². The van der Waals surface area contributed by atoms with Crippen LogP contribution in [0.1, 0.15) is 37.8 Å². The molecule has 1 amide bonds. The molecule has 1 aliphatic rings. The van der Waals surface area contributed by atoms with Crippen molar-refractivity contribution in [3.63, 3.8) is 0 Å². The van der Waals surface area contributed by atoms with E-state index in [4.69, 9.17) is 0 Å². The average Bonchev–Trinajstić information content (AvgIpc) is 3.38. The van der Waals surface area contributed by atoms with Crippen LogP contribution >= 0.6 is 0 Å². The highest BCUT2D eigenvalue weighted by Gasteiger charge is 2.51. The number of hydrogen-bond donors (Lipinski definition) is 1. The van der Waals surface area contributed by atoms with Gasteiger partial charge < -0.3 is 5.32 Å². The topological polar surface area (TPSA) is 52.9 Å². The number of halogens is 1. The smallest absolute Gasteiger partial charge is 0.235 e. The summed E-state index contributed by atoms with van der Waals surface area (Å²) in [5, 5.41) is 12.1. The van der Waals surface area contributed by atoms with Crippen LogP contribution in [-0.4, -0.2) is 5.91 Å². The van der Waals surface area contributed by atoms with E-state index < -0.39 is 10.8 Å². The largest absolute Gasteiger partial charge is 0.325 e. The second kappa shape index (κ2) is 5.76. The molecule has 1 saturated carbocycles. The lowest BCUT2D eigenvalue weighted by molar-refractivity contribution is -0.118. The van der Waals surface area contributed by atoms with Crippen LogP contribution in [0.5, 0.6) is 0 Å². The van der Waals surface area contributed by atoms with Gasteiger partial charge in [-0.1, -0.05) is 24.3 Å². The van der Waals surface area contributed by atoms with Crippen molar-refractivity contribution in [1.29, 1.82) is 5.26 Å². The van der Waals surface area contributed by atoms with E-state index in [-0.39, 0.29) is 11.7 Å². The van der Waals surface area contributed by atoms with Crippen LogP contribution in [-0.2, 0) is 15.6 Å². The number of hydrogen-bond acceptors (Lipinski definition) is 2. The second-order valence-corrected chi connectivity index (χ2v) is 6.86. The molecule has 0 atom stereocenters. The molecule has 0 radical (unpaired) electrons. The van der Waals surface area contributed by atoms with Gasteiger partial charge >= 0.3 is 0 Å². The Morgan fingerprint density at radius 3 is 2.21 bits per heavy atom. The highest BCUT2D eigenvalue weighted by atomic mass is 19.1. The predicted molar refractivity (Wildman–Crippen MR) is 91.0 cm³/mol. The highest BCUT2D eigenvalue weighted by Crippen LogP contribution is 2.49. The molecule has 3 rings (SSSR count). The first-order chi connectivity index (χ1) is 11.4. The summed E-state index contributed by atoms with van der Waals surface area (Å²) in [5.74, 6) is -0.368. The van der Waals surface area contributed by atoms with Gasteiger partial charge in [-0.15, -0.1) is 0 Å². The summed E-state index contributed by atoms with van der Waals surface area (Å²) in [4.78, 5) is 12.7. The maximum absolute atomic E-state index is 13.1. The fraction of sp³-hybridized carbons (Fsp3) is 0.300. The summed E-state index contributed by atoms with van der Waals surface area (Å²) < 4.78 is 13.1. The van der Waals surface area contributed by atoms with Crippen LogP contribution < -0.4 is 5.32 Å². The number of carbonyl (C=O) groups is 1. The van der Waals surface area contributed by atoms with Crippen molar-refractivity contribution in [2.24, 2.45) is 0 Å². The van der Waals surface area contributed by atoms with E-state index in [2.05, 4.69) is 11.4 Å². The van der Waals surface area contributed by atoms with E-state index in [9.17, 15) is 14.4 Å². The van der Waals surface area contributed by atoms with Gasteiger partial charge in [-0.05, 0) is 62.1 Å². The Morgan fingerprint density at radius 2 is 1.71 bits per heavy atom. The second-order valence-electron chi connectivity index (χ2n) is 6.86. The maximum atomic E-state index is 13.1. The molecule has 0 aromatic heterocycles. The lowest BCUT2D eigenvalue weighted by atomic mass is 9.86. The van der Waals surface area contributed by atoms with Crippen LogP contribution in [0, 0.1) is 17.1 Å². The van der Waals surface area contributed by atoms with Crippen molar-refractivity contribution in [3.8, 4) is 6.07 Å². The quantitative estimate of drug-likeness (QED) is 0.912. The van der Waals surface area contributed by atoms with Crippen LogP contribution in [0.2, 0.25) is 0 Å². The molecular weight excluding hydrogens is 303 g/mol. The van der Waals surface area contributed by atoms with Crippen molar-refractivity contribution in [3.05, 3.63) is 65.5 Å². The molecular formula is C20H19FN2O. The molecule has 1 N–H and O–H groups in total. The zero-order valence-electron chi connectivity index (χ0n) is 13.8. The Labute approximate surface area is 141 Å². The number of anilines is 1. The zero-order chi connectivity index (χ0) is 17.4. The third-order valence-corrected chi connectivity index (χ3v) is 4.73. The fourth-order valence-corrected chi connectivity index (χ4v) is 2.83. The van der Waals surface area contributed by atoms with Gasteiger partial charge in [-0.25, -0.2) is 4.39 Å². The van der Waals surface area contributed by atoms with E-state index in [1.54, 1.807) is 12.1 Å². The molecule has 122 valence electrons. The van der Waals surface area contributed by atoms with Crippen LogP contribution in [0.15, 0.2) is 48.5 Å². The summed E-state index contributed by atoms with van der Waals surface area (Å²) in [6.07, 6.45) is 1.54. The number of nitrogens with one attached hydrogen (secondary N) is 1. The molecule has 0 aliphatic heterocycles. The Kier molecular flexibility index (Phi) is 3.88. The van der Waals surface area contributed by atoms with Crippen molar-refractivity contribution in [2.45, 2.75) is 37.5 Å². The van der Waals surface area contributed by atoms with Gasteiger partial charge in [0.25, 0.3) is 0 Å². The minimum absolute atomic E-state index is 0.0681. The van der Waals surface area contributed by atoms with Gasteiger partial charge in [0.1, 0.15) is 5.82 Å². The molecule has 4 heteroatoms. The molecule has 2 aromatic carbocycles. The Hall–Kier alpha value is -2.67. The lowest BCUT2D eigenvalue weighted by Gasteiger charge is -2.18. The molecule has 0 bridgehead atoms. The van der Waals surface area contributed by atoms with Gasteiger partial charge in [-0.2, -0.15) is 5.26 Å².